The van der Waals surface area contributed by atoms with Crippen molar-refractivity contribution in [3.8, 4) is 5.75 Å². The van der Waals surface area contributed by atoms with Crippen LogP contribution in [0.1, 0.15) is 21.6 Å². The summed E-state index contributed by atoms with van der Waals surface area (Å²) >= 11 is 0. The molecule has 0 fully saturated rings. The molecule has 0 bridgehead atoms. The number of aromatic amines is 1. The highest BCUT2D eigenvalue weighted by molar-refractivity contribution is 6.06. The Balaban J connectivity index is 1.51. The Kier molecular flexibility index (Phi) is 4.27. The van der Waals surface area contributed by atoms with Crippen molar-refractivity contribution in [2.24, 2.45) is 0 Å². The Morgan fingerprint density at radius 3 is 2.65 bits per heavy atom. The van der Waals surface area contributed by atoms with Crippen LogP contribution in [0.5, 0.6) is 5.75 Å². The number of nitrogens with one attached hydrogen (secondary N) is 1. The minimum absolute atomic E-state index is 0.201. The van der Waals surface area contributed by atoms with E-state index in [-0.39, 0.29) is 22.8 Å². The van der Waals surface area contributed by atoms with Crippen LogP contribution in [0, 0.1) is 0 Å². The van der Waals surface area contributed by atoms with Gasteiger partial charge in [0.2, 0.25) is 5.43 Å². The molecule has 1 N–H and O–H groups in total. The summed E-state index contributed by atoms with van der Waals surface area (Å²) in [5, 5.41) is 0. The monoisotopic (exact) mass is 346 g/mol. The van der Waals surface area contributed by atoms with Gasteiger partial charge in [0, 0.05) is 24.5 Å². The number of benzene rings is 2. The molecule has 3 aromatic rings. The lowest BCUT2D eigenvalue weighted by atomic mass is 10.2. The molecule has 1 aromatic heterocycles. The molecule has 2 aromatic carbocycles. The number of pyridine rings is 1. The van der Waals surface area contributed by atoms with Gasteiger partial charge in [-0.1, -0.05) is 48.5 Å². The van der Waals surface area contributed by atoms with Gasteiger partial charge in [-0.05, 0) is 23.6 Å². The predicted molar refractivity (Wildman–Crippen MR) is 99.7 cm³/mol. The fourth-order valence-corrected chi connectivity index (χ4v) is 3.12. The number of ether oxygens (including phenoxy) is 1. The fraction of sp³-hybridized carbons (Fsp3) is 0.143. The van der Waals surface area contributed by atoms with E-state index in [4.69, 9.17) is 4.74 Å². The third-order valence-corrected chi connectivity index (χ3v) is 4.48. The van der Waals surface area contributed by atoms with E-state index in [1.165, 1.54) is 12.3 Å². The number of H-pyrrole nitrogens is 1. The van der Waals surface area contributed by atoms with E-state index in [0.29, 0.717) is 13.2 Å². The highest BCUT2D eigenvalue weighted by Gasteiger charge is 2.25. The van der Waals surface area contributed by atoms with Gasteiger partial charge in [-0.25, -0.2) is 0 Å². The lowest BCUT2D eigenvalue weighted by molar-refractivity contribution is 0.0984. The smallest absolute Gasteiger partial charge is 0.274 e. The molecular weight excluding hydrogens is 328 g/mol. The third-order valence-electron chi connectivity index (χ3n) is 4.48. The van der Waals surface area contributed by atoms with Crippen LogP contribution in [0.4, 0.5) is 5.69 Å². The van der Waals surface area contributed by atoms with E-state index < -0.39 is 0 Å². The molecule has 130 valence electrons. The Morgan fingerprint density at radius 2 is 1.85 bits per heavy atom. The quantitative estimate of drug-likeness (QED) is 0.789. The van der Waals surface area contributed by atoms with Crippen molar-refractivity contribution in [2.75, 3.05) is 11.4 Å². The van der Waals surface area contributed by atoms with Gasteiger partial charge in [0.15, 0.2) is 5.75 Å². The largest absolute Gasteiger partial charge is 0.483 e. The zero-order chi connectivity index (χ0) is 17.9. The summed E-state index contributed by atoms with van der Waals surface area (Å²) in [4.78, 5) is 29.7. The van der Waals surface area contributed by atoms with Crippen LogP contribution in [-0.4, -0.2) is 17.4 Å². The molecule has 0 saturated heterocycles. The maximum atomic E-state index is 12.8. The molecule has 0 atom stereocenters. The van der Waals surface area contributed by atoms with Crippen LogP contribution in [-0.2, 0) is 13.0 Å². The molecule has 5 heteroatoms. The minimum atomic E-state index is -0.310. The molecular formula is C21H18N2O3. The molecule has 1 aliphatic heterocycles. The van der Waals surface area contributed by atoms with E-state index in [9.17, 15) is 9.59 Å². The maximum absolute atomic E-state index is 12.8. The van der Waals surface area contributed by atoms with Crippen molar-refractivity contribution in [3.63, 3.8) is 0 Å². The Bertz CT molecular complexity index is 995. The molecule has 0 spiro atoms. The lowest BCUT2D eigenvalue weighted by Crippen LogP contribution is -2.30. The summed E-state index contributed by atoms with van der Waals surface area (Å²) in [7, 11) is 0. The molecule has 1 aliphatic rings. The molecule has 1 amide bonds. The first-order valence-electron chi connectivity index (χ1n) is 8.51. The van der Waals surface area contributed by atoms with Gasteiger partial charge in [0.05, 0.1) is 0 Å². The van der Waals surface area contributed by atoms with Crippen molar-refractivity contribution >= 4 is 11.6 Å². The van der Waals surface area contributed by atoms with Crippen molar-refractivity contribution < 1.29 is 9.53 Å². The van der Waals surface area contributed by atoms with Crippen molar-refractivity contribution in [3.05, 3.63) is 93.9 Å². The van der Waals surface area contributed by atoms with E-state index in [2.05, 4.69) is 4.98 Å². The number of para-hydroxylation sites is 1. The van der Waals surface area contributed by atoms with Crippen LogP contribution < -0.4 is 15.1 Å². The number of aromatic nitrogens is 1. The summed E-state index contributed by atoms with van der Waals surface area (Å²) in [5.41, 5.74) is 2.98. The Labute approximate surface area is 150 Å². The number of hydrogen-bond acceptors (Lipinski definition) is 3. The molecule has 5 nitrogen and oxygen atoms in total. The van der Waals surface area contributed by atoms with E-state index >= 15 is 0 Å². The van der Waals surface area contributed by atoms with Crippen LogP contribution in [0.15, 0.2) is 71.7 Å². The van der Waals surface area contributed by atoms with Gasteiger partial charge in [-0.2, -0.15) is 0 Å². The highest BCUT2D eigenvalue weighted by Crippen LogP contribution is 2.28. The number of carbonyl (C=O) groups is 1. The fourth-order valence-electron chi connectivity index (χ4n) is 3.12. The van der Waals surface area contributed by atoms with Crippen LogP contribution in [0.2, 0.25) is 0 Å². The van der Waals surface area contributed by atoms with Gasteiger partial charge >= 0.3 is 0 Å². The van der Waals surface area contributed by atoms with Crippen molar-refractivity contribution in [1.29, 1.82) is 0 Å². The van der Waals surface area contributed by atoms with Gasteiger partial charge in [-0.3, -0.25) is 9.59 Å². The first-order valence-corrected chi connectivity index (χ1v) is 8.51. The summed E-state index contributed by atoms with van der Waals surface area (Å²) in [6.45, 7) is 0.920. The Hall–Kier alpha value is -3.34. The topological polar surface area (TPSA) is 62.4 Å². The van der Waals surface area contributed by atoms with Crippen LogP contribution in [0.25, 0.3) is 0 Å². The maximum Gasteiger partial charge on any atom is 0.274 e. The predicted octanol–water partition coefficient (Wildman–Crippen LogP) is 3.16. The lowest BCUT2D eigenvalue weighted by Gasteiger charge is -2.17. The van der Waals surface area contributed by atoms with Gasteiger partial charge < -0.3 is 14.6 Å². The van der Waals surface area contributed by atoms with Crippen LogP contribution in [0.3, 0.4) is 0 Å². The number of carbonyl (C=O) groups excluding carboxylic acids is 1. The molecule has 0 aliphatic carbocycles. The number of amides is 1. The molecule has 0 unspecified atom stereocenters. The average molecular weight is 346 g/mol. The van der Waals surface area contributed by atoms with Gasteiger partial charge in [-0.15, -0.1) is 0 Å². The number of nitrogens with zero attached hydrogens (tertiary/aromatic N) is 1. The second-order valence-electron chi connectivity index (χ2n) is 6.18. The summed E-state index contributed by atoms with van der Waals surface area (Å²) in [5.74, 6) is -0.00566. The standard InChI is InChI=1S/C21H18N2O3/c24-19-12-17(21(25)23-11-10-16-8-4-5-9-18(16)23)22-13-20(19)26-14-15-6-2-1-3-7-15/h1-9,12-13H,10-11,14H2,(H,22,24). The molecule has 2 heterocycles. The zero-order valence-electron chi connectivity index (χ0n) is 14.1. The first-order chi connectivity index (χ1) is 12.7. The first kappa shape index (κ1) is 16.1. The zero-order valence-corrected chi connectivity index (χ0v) is 14.1. The van der Waals surface area contributed by atoms with E-state index in [1.54, 1.807) is 4.90 Å². The number of fused-ring (bicyclic) bond motifs is 1. The van der Waals surface area contributed by atoms with Crippen molar-refractivity contribution in [1.82, 2.24) is 4.98 Å². The Morgan fingerprint density at radius 1 is 1.08 bits per heavy atom. The van der Waals surface area contributed by atoms with E-state index in [0.717, 1.165) is 23.2 Å². The van der Waals surface area contributed by atoms with Crippen molar-refractivity contribution in [2.45, 2.75) is 13.0 Å². The number of rotatable bonds is 4. The van der Waals surface area contributed by atoms with Gasteiger partial charge in [0.25, 0.3) is 5.91 Å². The second-order valence-corrected chi connectivity index (χ2v) is 6.18. The molecule has 0 radical (unpaired) electrons. The molecule has 4 rings (SSSR count). The highest BCUT2D eigenvalue weighted by atomic mass is 16.5. The third kappa shape index (κ3) is 3.11. The normalized spacial score (nSPS) is 12.7. The SMILES string of the molecule is O=C(c1cc(=O)c(OCc2ccccc2)c[nH]1)N1CCc2ccccc21. The minimum Gasteiger partial charge on any atom is -0.483 e. The number of hydrogen-bond donors (Lipinski definition) is 1. The van der Waals surface area contributed by atoms with E-state index in [1.807, 2.05) is 54.6 Å². The summed E-state index contributed by atoms with van der Waals surface area (Å²) < 4.78 is 5.57. The molecule has 0 saturated carbocycles. The second kappa shape index (κ2) is 6.88. The average Bonchev–Trinajstić information content (AvgIpc) is 3.11. The number of anilines is 1. The van der Waals surface area contributed by atoms with Gasteiger partial charge in [0.1, 0.15) is 12.3 Å². The molecule has 26 heavy (non-hydrogen) atoms. The summed E-state index contributed by atoms with van der Waals surface area (Å²) in [6.07, 6.45) is 2.28. The summed E-state index contributed by atoms with van der Waals surface area (Å²) in [6, 6.07) is 18.7. The van der Waals surface area contributed by atoms with Crippen LogP contribution >= 0.6 is 0 Å².